The van der Waals surface area contributed by atoms with E-state index in [0.29, 0.717) is 28.1 Å². The van der Waals surface area contributed by atoms with E-state index in [0.717, 1.165) is 0 Å². The van der Waals surface area contributed by atoms with Gasteiger partial charge in [0.05, 0.1) is 24.3 Å². The molecule has 3 atom stereocenters. The van der Waals surface area contributed by atoms with Crippen LogP contribution >= 0.6 is 0 Å². The number of nitrogens with zero attached hydrogens (tertiary/aromatic N) is 1. The largest absolute Gasteiger partial charge is 0.461 e. The Labute approximate surface area is 262 Å². The van der Waals surface area contributed by atoms with Gasteiger partial charge >= 0.3 is 5.97 Å². The van der Waals surface area contributed by atoms with E-state index >= 15 is 0 Å². The normalized spacial score (nSPS) is 17.7. The van der Waals surface area contributed by atoms with Crippen LogP contribution in [0.1, 0.15) is 44.2 Å². The molecule has 4 rings (SSSR count). The van der Waals surface area contributed by atoms with Gasteiger partial charge in [0, 0.05) is 17.8 Å². The van der Waals surface area contributed by atoms with Gasteiger partial charge in [0.15, 0.2) is 5.41 Å². The second kappa shape index (κ2) is 14.9. The SMILES string of the molecule is C=CCOC(=O)C[C@H](O)C[C@H](O)CCN1C(=O)[C@](C(=O)Nc2ccccc2)(C(C)C)C(c2ccccc2)=C1c1ccc(F)cc1. The Morgan fingerprint density at radius 1 is 0.956 bits per heavy atom. The number of hydrogen-bond acceptors (Lipinski definition) is 6. The summed E-state index contributed by atoms with van der Waals surface area (Å²) >= 11 is 0. The molecule has 0 aliphatic carbocycles. The number of hydrogen-bond donors (Lipinski definition) is 3. The van der Waals surface area contributed by atoms with Crippen molar-refractivity contribution < 1.29 is 33.7 Å². The highest BCUT2D eigenvalue weighted by atomic mass is 19.1. The van der Waals surface area contributed by atoms with E-state index in [1.807, 2.05) is 50.2 Å². The topological polar surface area (TPSA) is 116 Å². The van der Waals surface area contributed by atoms with Gasteiger partial charge in [0.25, 0.3) is 0 Å². The Balaban J connectivity index is 1.77. The average molecular weight is 615 g/mol. The maximum absolute atomic E-state index is 14.8. The number of halogens is 1. The Morgan fingerprint density at radius 3 is 2.18 bits per heavy atom. The first-order chi connectivity index (χ1) is 21.6. The standard InChI is InChI=1S/C36H39FN2O6/c1-4-21-45-31(42)23-30(41)22-29(40)19-20-39-33(26-15-17-27(37)18-16-26)32(25-11-7-5-8-12-25)36(24(2)3,35(39)44)34(43)38-28-13-9-6-10-14-28/h4-18,24,29-30,40-41H,1,19-23H2,2-3H3,(H,38,43)/t29-,30-,36-/m1/s1. The van der Waals surface area contributed by atoms with Gasteiger partial charge in [-0.1, -0.05) is 75.0 Å². The van der Waals surface area contributed by atoms with Crippen LogP contribution in [0.5, 0.6) is 0 Å². The van der Waals surface area contributed by atoms with E-state index in [1.54, 1.807) is 36.4 Å². The summed E-state index contributed by atoms with van der Waals surface area (Å²) < 4.78 is 19.0. The van der Waals surface area contributed by atoms with Gasteiger partial charge in [-0.3, -0.25) is 14.4 Å². The van der Waals surface area contributed by atoms with Gasteiger partial charge in [-0.05, 0) is 66.3 Å². The van der Waals surface area contributed by atoms with Crippen molar-refractivity contribution in [3.63, 3.8) is 0 Å². The van der Waals surface area contributed by atoms with Crippen molar-refractivity contribution in [2.45, 2.75) is 45.3 Å². The van der Waals surface area contributed by atoms with E-state index in [2.05, 4.69) is 11.9 Å². The molecule has 45 heavy (non-hydrogen) atoms. The maximum atomic E-state index is 14.8. The second-order valence-corrected chi connectivity index (χ2v) is 11.3. The molecule has 1 heterocycles. The summed E-state index contributed by atoms with van der Waals surface area (Å²) in [7, 11) is 0. The number of aliphatic hydroxyl groups is 2. The van der Waals surface area contributed by atoms with Crippen LogP contribution in [0.3, 0.4) is 0 Å². The lowest BCUT2D eigenvalue weighted by Crippen LogP contribution is -2.49. The molecule has 236 valence electrons. The summed E-state index contributed by atoms with van der Waals surface area (Å²) in [5, 5.41) is 24.2. The van der Waals surface area contributed by atoms with E-state index in [1.165, 1.54) is 23.1 Å². The Morgan fingerprint density at radius 2 is 1.58 bits per heavy atom. The molecule has 3 aromatic carbocycles. The fourth-order valence-electron chi connectivity index (χ4n) is 5.79. The van der Waals surface area contributed by atoms with Crippen LogP contribution in [0.2, 0.25) is 0 Å². The summed E-state index contributed by atoms with van der Waals surface area (Å²) in [4.78, 5) is 42.6. The van der Waals surface area contributed by atoms with Gasteiger partial charge in [0.1, 0.15) is 12.4 Å². The number of anilines is 1. The molecule has 0 unspecified atom stereocenters. The molecule has 0 fully saturated rings. The summed E-state index contributed by atoms with van der Waals surface area (Å²) in [6, 6.07) is 23.7. The smallest absolute Gasteiger partial charge is 0.308 e. The van der Waals surface area contributed by atoms with Crippen LogP contribution in [-0.4, -0.2) is 58.3 Å². The first-order valence-electron chi connectivity index (χ1n) is 15.0. The van der Waals surface area contributed by atoms with Gasteiger partial charge in [0.2, 0.25) is 11.8 Å². The number of para-hydroxylation sites is 1. The van der Waals surface area contributed by atoms with Crippen molar-refractivity contribution in [2.24, 2.45) is 11.3 Å². The van der Waals surface area contributed by atoms with E-state index < -0.39 is 47.1 Å². The number of benzene rings is 3. The van der Waals surface area contributed by atoms with Crippen LogP contribution in [-0.2, 0) is 19.1 Å². The molecule has 8 nitrogen and oxygen atoms in total. The molecule has 3 N–H and O–H groups in total. The predicted molar refractivity (Wildman–Crippen MR) is 171 cm³/mol. The third-order valence-corrected chi connectivity index (χ3v) is 7.91. The zero-order chi connectivity index (χ0) is 32.6. The molecule has 0 spiro atoms. The highest BCUT2D eigenvalue weighted by Gasteiger charge is 2.60. The van der Waals surface area contributed by atoms with Crippen molar-refractivity contribution in [1.82, 2.24) is 4.90 Å². The molecular weight excluding hydrogens is 575 g/mol. The summed E-state index contributed by atoms with van der Waals surface area (Å²) in [6.45, 7) is 7.11. The molecule has 1 aliphatic heterocycles. The van der Waals surface area contributed by atoms with E-state index in [9.17, 15) is 29.0 Å². The molecule has 0 radical (unpaired) electrons. The number of esters is 1. The molecule has 1 aliphatic rings. The molecule has 2 amide bonds. The van der Waals surface area contributed by atoms with Gasteiger partial charge < -0.3 is 25.2 Å². The fraction of sp³-hybridized carbons (Fsp3) is 0.306. The van der Waals surface area contributed by atoms with Gasteiger partial charge in [-0.25, -0.2) is 4.39 Å². The number of carbonyl (C=O) groups is 3. The molecule has 9 heteroatoms. The molecule has 0 saturated carbocycles. The lowest BCUT2D eigenvalue weighted by molar-refractivity contribution is -0.145. The lowest BCUT2D eigenvalue weighted by atomic mass is 9.68. The van der Waals surface area contributed by atoms with E-state index in [4.69, 9.17) is 4.74 Å². The Kier molecular flexibility index (Phi) is 11.0. The zero-order valence-corrected chi connectivity index (χ0v) is 25.5. The molecule has 0 saturated heterocycles. The molecule has 0 aromatic heterocycles. The summed E-state index contributed by atoms with van der Waals surface area (Å²) in [5.74, 6) is -2.58. The number of ether oxygens (including phenoxy) is 1. The maximum Gasteiger partial charge on any atom is 0.308 e. The number of amides is 2. The van der Waals surface area contributed by atoms with Crippen molar-refractivity contribution in [2.75, 3.05) is 18.5 Å². The van der Waals surface area contributed by atoms with Crippen LogP contribution in [0, 0.1) is 17.2 Å². The molecule has 3 aromatic rings. The Hall–Kier alpha value is -4.60. The van der Waals surface area contributed by atoms with Gasteiger partial charge in [-0.2, -0.15) is 0 Å². The van der Waals surface area contributed by atoms with Gasteiger partial charge in [-0.15, -0.1) is 0 Å². The highest BCUT2D eigenvalue weighted by molar-refractivity contribution is 6.28. The summed E-state index contributed by atoms with van der Waals surface area (Å²) in [6.07, 6.45) is -1.23. The first-order valence-corrected chi connectivity index (χ1v) is 15.0. The fourth-order valence-corrected chi connectivity index (χ4v) is 5.79. The zero-order valence-electron chi connectivity index (χ0n) is 25.5. The third kappa shape index (κ3) is 7.38. The van der Waals surface area contributed by atoms with Crippen LogP contribution in [0.4, 0.5) is 10.1 Å². The second-order valence-electron chi connectivity index (χ2n) is 11.3. The molecular formula is C36H39FN2O6. The van der Waals surface area contributed by atoms with E-state index in [-0.39, 0.29) is 32.4 Å². The minimum Gasteiger partial charge on any atom is -0.461 e. The predicted octanol–water partition coefficient (Wildman–Crippen LogP) is 5.44. The number of aliphatic hydroxyl groups excluding tert-OH is 2. The quantitative estimate of drug-likeness (QED) is 0.127. The number of nitrogens with one attached hydrogen (secondary N) is 1. The molecule has 0 bridgehead atoms. The van der Waals surface area contributed by atoms with Crippen molar-refractivity contribution in [3.8, 4) is 0 Å². The number of rotatable bonds is 14. The summed E-state index contributed by atoms with van der Waals surface area (Å²) in [5.41, 5.74) is 0.934. The van der Waals surface area contributed by atoms with Crippen LogP contribution in [0.25, 0.3) is 11.3 Å². The van der Waals surface area contributed by atoms with Crippen molar-refractivity contribution >= 4 is 34.7 Å². The average Bonchev–Trinajstić information content (AvgIpc) is 3.29. The monoisotopic (exact) mass is 614 g/mol. The van der Waals surface area contributed by atoms with Crippen molar-refractivity contribution in [1.29, 1.82) is 0 Å². The third-order valence-electron chi connectivity index (χ3n) is 7.91. The Bertz CT molecular complexity index is 1520. The lowest BCUT2D eigenvalue weighted by Gasteiger charge is -2.34. The first kappa shape index (κ1) is 33.3. The minimum absolute atomic E-state index is 0.0102. The number of carbonyl (C=O) groups excluding carboxylic acids is 3. The minimum atomic E-state index is -1.68. The van der Waals surface area contributed by atoms with Crippen LogP contribution in [0.15, 0.2) is 97.6 Å². The van der Waals surface area contributed by atoms with Crippen molar-refractivity contribution in [3.05, 3.63) is 115 Å². The highest BCUT2D eigenvalue weighted by Crippen LogP contribution is 2.54. The van der Waals surface area contributed by atoms with Crippen LogP contribution < -0.4 is 5.32 Å².